The van der Waals surface area contributed by atoms with E-state index >= 15 is 0 Å². The second-order valence-corrected chi connectivity index (χ2v) is 4.28. The molecular formula is C14H13ClO2. The van der Waals surface area contributed by atoms with E-state index in [1.807, 2.05) is 31.2 Å². The summed E-state index contributed by atoms with van der Waals surface area (Å²) in [5.74, 6) is 0.967. The standard InChI is InChI=1S/C14H13ClO2/c1-10-2-6-13(7-3-10)17-9-11-4-5-12(16)8-14(11)15/h2-8,16H,9H2,1H3. The first-order chi connectivity index (χ1) is 8.15. The normalized spacial score (nSPS) is 10.2. The quantitative estimate of drug-likeness (QED) is 0.892. The van der Waals surface area contributed by atoms with Crippen molar-refractivity contribution < 1.29 is 9.84 Å². The van der Waals surface area contributed by atoms with Crippen LogP contribution in [-0.2, 0) is 6.61 Å². The fourth-order valence-corrected chi connectivity index (χ4v) is 1.68. The molecule has 3 heteroatoms. The number of rotatable bonds is 3. The van der Waals surface area contributed by atoms with E-state index in [0.29, 0.717) is 11.6 Å². The number of aryl methyl sites for hydroxylation is 1. The van der Waals surface area contributed by atoms with Gasteiger partial charge in [-0.25, -0.2) is 0 Å². The Bertz CT molecular complexity index is 506. The summed E-state index contributed by atoms with van der Waals surface area (Å²) in [4.78, 5) is 0. The van der Waals surface area contributed by atoms with E-state index in [-0.39, 0.29) is 5.75 Å². The van der Waals surface area contributed by atoms with Crippen LogP contribution in [0.25, 0.3) is 0 Å². The lowest BCUT2D eigenvalue weighted by Gasteiger charge is -2.08. The van der Waals surface area contributed by atoms with Gasteiger partial charge >= 0.3 is 0 Å². The molecule has 1 N–H and O–H groups in total. The summed E-state index contributed by atoms with van der Waals surface area (Å²) in [6.07, 6.45) is 0. The lowest BCUT2D eigenvalue weighted by atomic mass is 10.2. The topological polar surface area (TPSA) is 29.5 Å². The van der Waals surface area contributed by atoms with Crippen molar-refractivity contribution in [1.82, 2.24) is 0 Å². The van der Waals surface area contributed by atoms with Gasteiger partial charge in [-0.15, -0.1) is 0 Å². The van der Waals surface area contributed by atoms with Crippen molar-refractivity contribution in [1.29, 1.82) is 0 Å². The highest BCUT2D eigenvalue weighted by Gasteiger charge is 2.02. The average molecular weight is 249 g/mol. The minimum atomic E-state index is 0.161. The van der Waals surface area contributed by atoms with E-state index in [4.69, 9.17) is 16.3 Å². The maximum atomic E-state index is 9.23. The molecule has 0 fully saturated rings. The van der Waals surface area contributed by atoms with Crippen LogP contribution in [0.4, 0.5) is 0 Å². The Balaban J connectivity index is 2.04. The van der Waals surface area contributed by atoms with Crippen molar-refractivity contribution in [2.75, 3.05) is 0 Å². The molecule has 0 radical (unpaired) electrons. The van der Waals surface area contributed by atoms with Crippen LogP contribution in [-0.4, -0.2) is 5.11 Å². The van der Waals surface area contributed by atoms with Gasteiger partial charge in [-0.3, -0.25) is 0 Å². The third-order valence-electron chi connectivity index (χ3n) is 2.45. The third kappa shape index (κ3) is 3.14. The first kappa shape index (κ1) is 11.8. The van der Waals surface area contributed by atoms with E-state index in [1.165, 1.54) is 11.6 Å². The molecular weight excluding hydrogens is 236 g/mol. The van der Waals surface area contributed by atoms with Crippen molar-refractivity contribution in [3.05, 3.63) is 58.6 Å². The van der Waals surface area contributed by atoms with E-state index in [1.54, 1.807) is 12.1 Å². The number of halogens is 1. The maximum absolute atomic E-state index is 9.23. The highest BCUT2D eigenvalue weighted by Crippen LogP contribution is 2.23. The summed E-state index contributed by atoms with van der Waals surface area (Å²) in [5.41, 5.74) is 2.05. The molecule has 88 valence electrons. The minimum absolute atomic E-state index is 0.161. The van der Waals surface area contributed by atoms with Gasteiger partial charge in [0.2, 0.25) is 0 Å². The van der Waals surface area contributed by atoms with E-state index < -0.39 is 0 Å². The summed E-state index contributed by atoms with van der Waals surface area (Å²) < 4.78 is 5.60. The molecule has 2 aromatic carbocycles. The Kier molecular flexibility index (Phi) is 3.55. The summed E-state index contributed by atoms with van der Waals surface area (Å²) in [5, 5.41) is 9.74. The molecule has 17 heavy (non-hydrogen) atoms. The SMILES string of the molecule is Cc1ccc(OCc2ccc(O)cc2Cl)cc1. The molecule has 2 nitrogen and oxygen atoms in total. The van der Waals surface area contributed by atoms with Crippen LogP contribution in [0.15, 0.2) is 42.5 Å². The van der Waals surface area contributed by atoms with Crippen LogP contribution in [0.2, 0.25) is 5.02 Å². The maximum Gasteiger partial charge on any atom is 0.119 e. The molecule has 0 aliphatic carbocycles. The second kappa shape index (κ2) is 5.11. The van der Waals surface area contributed by atoms with Gasteiger partial charge in [0.25, 0.3) is 0 Å². The number of aromatic hydroxyl groups is 1. The molecule has 0 saturated carbocycles. The highest BCUT2D eigenvalue weighted by atomic mass is 35.5. The van der Waals surface area contributed by atoms with Gasteiger partial charge in [0.1, 0.15) is 18.1 Å². The molecule has 2 rings (SSSR count). The van der Waals surface area contributed by atoms with Crippen LogP contribution < -0.4 is 4.74 Å². The van der Waals surface area contributed by atoms with Crippen LogP contribution in [0.3, 0.4) is 0 Å². The number of phenolic OH excluding ortho intramolecular Hbond substituents is 1. The molecule has 0 amide bonds. The van der Waals surface area contributed by atoms with Crippen LogP contribution >= 0.6 is 11.6 Å². The van der Waals surface area contributed by atoms with Crippen molar-refractivity contribution in [2.45, 2.75) is 13.5 Å². The first-order valence-electron chi connectivity index (χ1n) is 5.32. The number of ether oxygens (including phenoxy) is 1. The molecule has 2 aromatic rings. The lowest BCUT2D eigenvalue weighted by molar-refractivity contribution is 0.306. The molecule has 0 aliphatic heterocycles. The predicted octanol–water partition coefficient (Wildman–Crippen LogP) is 3.93. The van der Waals surface area contributed by atoms with Gasteiger partial charge in [0.15, 0.2) is 0 Å². The number of benzene rings is 2. The fourth-order valence-electron chi connectivity index (χ4n) is 1.45. The number of hydrogen-bond acceptors (Lipinski definition) is 2. The Morgan fingerprint density at radius 2 is 1.82 bits per heavy atom. The monoisotopic (exact) mass is 248 g/mol. The zero-order chi connectivity index (χ0) is 12.3. The highest BCUT2D eigenvalue weighted by molar-refractivity contribution is 6.31. The largest absolute Gasteiger partial charge is 0.508 e. The zero-order valence-corrected chi connectivity index (χ0v) is 10.2. The molecule has 0 heterocycles. The Morgan fingerprint density at radius 3 is 2.47 bits per heavy atom. The van der Waals surface area contributed by atoms with E-state index in [0.717, 1.165) is 11.3 Å². The van der Waals surface area contributed by atoms with Crippen LogP contribution in [0, 0.1) is 6.92 Å². The zero-order valence-electron chi connectivity index (χ0n) is 9.48. The van der Waals surface area contributed by atoms with Crippen molar-refractivity contribution in [3.8, 4) is 11.5 Å². The molecule has 0 unspecified atom stereocenters. The first-order valence-corrected chi connectivity index (χ1v) is 5.70. The summed E-state index contributed by atoms with van der Waals surface area (Å²) in [6.45, 7) is 2.42. The summed E-state index contributed by atoms with van der Waals surface area (Å²) in [6, 6.07) is 12.7. The summed E-state index contributed by atoms with van der Waals surface area (Å²) >= 11 is 5.98. The Hall–Kier alpha value is -1.67. The Morgan fingerprint density at radius 1 is 1.12 bits per heavy atom. The molecule has 0 bridgehead atoms. The Labute approximate surface area is 105 Å². The van der Waals surface area contributed by atoms with Crippen LogP contribution in [0.5, 0.6) is 11.5 Å². The molecule has 0 spiro atoms. The van der Waals surface area contributed by atoms with Gasteiger partial charge in [0, 0.05) is 5.56 Å². The fraction of sp³-hybridized carbons (Fsp3) is 0.143. The van der Waals surface area contributed by atoms with Gasteiger partial charge < -0.3 is 9.84 Å². The van der Waals surface area contributed by atoms with Gasteiger partial charge in [0.05, 0.1) is 5.02 Å². The van der Waals surface area contributed by atoms with Crippen molar-refractivity contribution >= 4 is 11.6 Å². The molecule has 0 saturated heterocycles. The van der Waals surface area contributed by atoms with Gasteiger partial charge in [-0.05, 0) is 31.2 Å². The number of phenols is 1. The third-order valence-corrected chi connectivity index (χ3v) is 2.80. The van der Waals surface area contributed by atoms with Crippen molar-refractivity contribution in [2.24, 2.45) is 0 Å². The number of hydrogen-bond donors (Lipinski definition) is 1. The average Bonchev–Trinajstić information content (AvgIpc) is 2.30. The van der Waals surface area contributed by atoms with Gasteiger partial charge in [-0.2, -0.15) is 0 Å². The smallest absolute Gasteiger partial charge is 0.119 e. The minimum Gasteiger partial charge on any atom is -0.508 e. The summed E-state index contributed by atoms with van der Waals surface area (Å²) in [7, 11) is 0. The lowest BCUT2D eigenvalue weighted by Crippen LogP contribution is -1.96. The van der Waals surface area contributed by atoms with Gasteiger partial charge in [-0.1, -0.05) is 35.4 Å². The van der Waals surface area contributed by atoms with E-state index in [9.17, 15) is 5.11 Å². The predicted molar refractivity (Wildman–Crippen MR) is 68.6 cm³/mol. The van der Waals surface area contributed by atoms with Crippen LogP contribution in [0.1, 0.15) is 11.1 Å². The van der Waals surface area contributed by atoms with Crippen molar-refractivity contribution in [3.63, 3.8) is 0 Å². The van der Waals surface area contributed by atoms with E-state index in [2.05, 4.69) is 0 Å². The molecule has 0 aromatic heterocycles. The molecule has 0 aliphatic rings. The second-order valence-electron chi connectivity index (χ2n) is 3.88. The molecule has 0 atom stereocenters.